The van der Waals surface area contributed by atoms with E-state index >= 15 is 0 Å². The third kappa shape index (κ3) is 6.64. The Balaban J connectivity index is 0.000000137. The molecule has 0 radical (unpaired) electrons. The monoisotopic (exact) mass is 898 g/mol. The van der Waals surface area contributed by atoms with Crippen molar-refractivity contribution in [2.24, 2.45) is 0 Å². The number of aromatic nitrogens is 1. The molecule has 65 heavy (non-hydrogen) atoms. The molecule has 13 rings (SSSR count). The molecule has 0 atom stereocenters. The molecule has 0 saturated carbocycles. The number of nitrogens with one attached hydrogen (secondary N) is 1. The van der Waals surface area contributed by atoms with E-state index in [-0.39, 0.29) is 5.41 Å². The van der Waals surface area contributed by atoms with Crippen LogP contribution in [0.25, 0.3) is 82.8 Å². The summed E-state index contributed by atoms with van der Waals surface area (Å²) in [5.74, 6) is 1.83. The first-order valence-electron chi connectivity index (χ1n) is 22.2. The Kier molecular flexibility index (Phi) is 9.32. The predicted octanol–water partition coefficient (Wildman–Crippen LogP) is 17.5. The van der Waals surface area contributed by atoms with Crippen molar-refractivity contribution in [3.05, 3.63) is 234 Å². The molecule has 1 aliphatic heterocycles. The van der Waals surface area contributed by atoms with Crippen molar-refractivity contribution in [2.75, 3.05) is 5.32 Å². The number of para-hydroxylation sites is 2. The van der Waals surface area contributed by atoms with Crippen molar-refractivity contribution >= 4 is 59.9 Å². The second kappa shape index (κ2) is 15.5. The predicted molar refractivity (Wildman–Crippen MR) is 276 cm³/mol. The minimum absolute atomic E-state index is 0.0128. The van der Waals surface area contributed by atoms with Crippen LogP contribution in [0, 0.1) is 0 Å². The lowest BCUT2D eigenvalue weighted by Crippen LogP contribution is -2.15. The van der Waals surface area contributed by atoms with Crippen LogP contribution in [-0.4, -0.2) is 4.57 Å². The van der Waals surface area contributed by atoms with Gasteiger partial charge in [-0.05, 0) is 123 Å². The third-order valence-corrected chi connectivity index (χ3v) is 13.9. The Morgan fingerprint density at radius 2 is 1.05 bits per heavy atom. The molecule has 2 heterocycles. The molecule has 0 unspecified atom stereocenters. The zero-order valence-electron chi connectivity index (χ0n) is 36.0. The fraction of sp³-hybridized carbons (Fsp3) is 0.0492. The zero-order chi connectivity index (χ0) is 43.6. The summed E-state index contributed by atoms with van der Waals surface area (Å²) in [5, 5.41) is 8.59. The minimum atomic E-state index is -0.0128. The van der Waals surface area contributed by atoms with Crippen molar-refractivity contribution in [3.8, 4) is 61.7 Å². The number of hydrogen-bond donors (Lipinski definition) is 1. The van der Waals surface area contributed by atoms with E-state index in [1.54, 1.807) is 0 Å². The first-order valence-corrected chi connectivity index (χ1v) is 23.0. The Morgan fingerprint density at radius 3 is 1.89 bits per heavy atom. The molecule has 10 aromatic carbocycles. The average Bonchev–Trinajstić information content (AvgIpc) is 3.80. The molecule has 1 aromatic heterocycles. The second-order valence-corrected chi connectivity index (χ2v) is 18.4. The maximum absolute atomic E-state index is 6.25. The van der Waals surface area contributed by atoms with Gasteiger partial charge in [0.05, 0.1) is 11.0 Å². The molecule has 0 amide bonds. The molecule has 0 spiro atoms. The summed E-state index contributed by atoms with van der Waals surface area (Å²) in [5.41, 5.74) is 18.5. The van der Waals surface area contributed by atoms with Crippen LogP contribution in [-0.2, 0) is 5.41 Å². The standard InChI is InChI=1S/C31H23NO.C30H20BrN/c1-31(2)25-11-5-3-8-20(25)21-15-14-19(18-26(21)31)32-27-17-16-23-22-9-4-6-12-28(22)33-29-13-7-10-24(27)30(23)29;31-25-15-10-23(11-16-25)24-14-19-30-28(20-24)27-8-4-5-9-29(27)32(30)26-17-12-22(13-18-26)21-6-2-1-3-7-21/h3-18,32H,1-2H3;1-20H. The van der Waals surface area contributed by atoms with Crippen LogP contribution in [0.1, 0.15) is 25.0 Å². The molecule has 0 bridgehead atoms. The summed E-state index contributed by atoms with van der Waals surface area (Å²) in [7, 11) is 0. The lowest BCUT2D eigenvalue weighted by molar-refractivity contribution is 0.487. The molecule has 0 saturated heterocycles. The fourth-order valence-corrected chi connectivity index (χ4v) is 10.4. The second-order valence-electron chi connectivity index (χ2n) is 17.5. The van der Waals surface area contributed by atoms with Crippen LogP contribution in [0.3, 0.4) is 0 Å². The zero-order valence-corrected chi connectivity index (χ0v) is 37.6. The fourth-order valence-electron chi connectivity index (χ4n) is 10.1. The lowest BCUT2D eigenvalue weighted by Gasteiger charge is -2.23. The van der Waals surface area contributed by atoms with Crippen LogP contribution < -0.4 is 10.1 Å². The van der Waals surface area contributed by atoms with E-state index in [1.165, 1.54) is 83.0 Å². The molecule has 1 aliphatic carbocycles. The molecule has 2 aliphatic rings. The normalized spacial score (nSPS) is 12.8. The highest BCUT2D eigenvalue weighted by molar-refractivity contribution is 9.10. The largest absolute Gasteiger partial charge is 0.456 e. The van der Waals surface area contributed by atoms with Crippen molar-refractivity contribution in [3.63, 3.8) is 0 Å². The van der Waals surface area contributed by atoms with E-state index in [2.05, 4.69) is 246 Å². The Morgan fingerprint density at radius 1 is 0.431 bits per heavy atom. The van der Waals surface area contributed by atoms with Crippen molar-refractivity contribution < 1.29 is 4.74 Å². The first kappa shape index (κ1) is 39.0. The van der Waals surface area contributed by atoms with E-state index in [1.807, 2.05) is 12.1 Å². The average molecular weight is 900 g/mol. The Hall–Kier alpha value is -7.66. The summed E-state index contributed by atoms with van der Waals surface area (Å²) in [6, 6.07) is 77.8. The number of ether oxygens (including phenoxy) is 1. The number of anilines is 2. The van der Waals surface area contributed by atoms with Gasteiger partial charge in [0.1, 0.15) is 11.5 Å². The quantitative estimate of drug-likeness (QED) is 0.186. The highest BCUT2D eigenvalue weighted by atomic mass is 79.9. The van der Waals surface area contributed by atoms with Crippen LogP contribution >= 0.6 is 15.9 Å². The van der Waals surface area contributed by atoms with Crippen LogP contribution in [0.15, 0.2) is 223 Å². The van der Waals surface area contributed by atoms with Gasteiger partial charge in [-0.2, -0.15) is 0 Å². The molecular formula is C61H43BrN2O. The van der Waals surface area contributed by atoms with Crippen LogP contribution in [0.2, 0.25) is 0 Å². The molecule has 310 valence electrons. The van der Waals surface area contributed by atoms with Crippen molar-refractivity contribution in [1.82, 2.24) is 4.57 Å². The Bertz CT molecular complexity index is 3620. The topological polar surface area (TPSA) is 26.2 Å². The van der Waals surface area contributed by atoms with Gasteiger partial charge in [-0.15, -0.1) is 0 Å². The number of nitrogens with zero attached hydrogens (tertiary/aromatic N) is 1. The highest BCUT2D eigenvalue weighted by Crippen LogP contribution is 2.51. The van der Waals surface area contributed by atoms with Crippen LogP contribution in [0.5, 0.6) is 11.5 Å². The summed E-state index contributed by atoms with van der Waals surface area (Å²) < 4.78 is 9.71. The molecular weight excluding hydrogens is 857 g/mol. The lowest BCUT2D eigenvalue weighted by atomic mass is 9.82. The van der Waals surface area contributed by atoms with Gasteiger partial charge in [0, 0.05) is 54.1 Å². The molecule has 3 nitrogen and oxygen atoms in total. The summed E-state index contributed by atoms with van der Waals surface area (Å²) in [6.45, 7) is 4.64. The number of halogens is 1. The third-order valence-electron chi connectivity index (χ3n) is 13.3. The molecule has 1 N–H and O–H groups in total. The van der Waals surface area contributed by atoms with Gasteiger partial charge in [0.15, 0.2) is 0 Å². The number of hydrogen-bond acceptors (Lipinski definition) is 2. The van der Waals surface area contributed by atoms with Gasteiger partial charge in [0.2, 0.25) is 0 Å². The van der Waals surface area contributed by atoms with Gasteiger partial charge < -0.3 is 14.6 Å². The smallest absolute Gasteiger partial charge is 0.135 e. The van der Waals surface area contributed by atoms with Gasteiger partial charge in [-0.1, -0.05) is 175 Å². The number of rotatable bonds is 5. The maximum atomic E-state index is 6.25. The summed E-state index contributed by atoms with van der Waals surface area (Å²) in [4.78, 5) is 0. The van der Waals surface area contributed by atoms with E-state index in [4.69, 9.17) is 4.74 Å². The van der Waals surface area contributed by atoms with Crippen LogP contribution in [0.4, 0.5) is 11.4 Å². The van der Waals surface area contributed by atoms with E-state index < -0.39 is 0 Å². The number of fused-ring (bicyclic) bond motifs is 8. The minimum Gasteiger partial charge on any atom is -0.456 e. The van der Waals surface area contributed by atoms with Crippen molar-refractivity contribution in [2.45, 2.75) is 19.3 Å². The number of benzene rings is 10. The van der Waals surface area contributed by atoms with E-state index in [0.29, 0.717) is 0 Å². The highest BCUT2D eigenvalue weighted by Gasteiger charge is 2.35. The maximum Gasteiger partial charge on any atom is 0.135 e. The summed E-state index contributed by atoms with van der Waals surface area (Å²) in [6.07, 6.45) is 0. The summed E-state index contributed by atoms with van der Waals surface area (Å²) >= 11 is 3.54. The molecule has 4 heteroatoms. The molecule has 0 fully saturated rings. The van der Waals surface area contributed by atoms with E-state index in [9.17, 15) is 0 Å². The first-order chi connectivity index (χ1) is 31.9. The SMILES string of the molecule is Brc1ccc(-c2ccc3c(c2)c2ccccc2n3-c2ccc(-c3ccccc3)cc2)cc1.CC1(C)c2ccccc2-c2ccc(Nc3ccc4c5c(cccc35)Oc3ccccc3-4)cc21. The Labute approximate surface area is 387 Å². The van der Waals surface area contributed by atoms with Gasteiger partial charge in [-0.3, -0.25) is 0 Å². The van der Waals surface area contributed by atoms with E-state index in [0.717, 1.165) is 38.3 Å². The van der Waals surface area contributed by atoms with Crippen molar-refractivity contribution in [1.29, 1.82) is 0 Å². The molecule has 11 aromatic rings. The van der Waals surface area contributed by atoms with Gasteiger partial charge in [-0.25, -0.2) is 0 Å². The van der Waals surface area contributed by atoms with Gasteiger partial charge >= 0.3 is 0 Å². The van der Waals surface area contributed by atoms with Gasteiger partial charge in [0.25, 0.3) is 0 Å².